The van der Waals surface area contributed by atoms with E-state index >= 15 is 0 Å². The number of nitrogens with zero attached hydrogens (tertiary/aromatic N) is 2. The minimum Gasteiger partial charge on any atom is -0.337 e. The molecule has 0 aromatic heterocycles. The van der Waals surface area contributed by atoms with Crippen LogP contribution in [0.1, 0.15) is 12.8 Å². The molecule has 0 radical (unpaired) electrons. The first-order chi connectivity index (χ1) is 9.48. The fourth-order valence-electron chi connectivity index (χ4n) is 2.81. The number of carbonyl (C=O) groups is 1. The SMILES string of the molecule is O=C1CC[C@@H]2CN(S(=O)(=O)c3ccc(F)cc3)CCN12. The molecular weight excluding hydrogens is 283 g/mol. The van der Waals surface area contributed by atoms with Crippen LogP contribution in [-0.4, -0.2) is 49.2 Å². The van der Waals surface area contributed by atoms with E-state index in [2.05, 4.69) is 0 Å². The van der Waals surface area contributed by atoms with Gasteiger partial charge in [-0.1, -0.05) is 0 Å². The quantitative estimate of drug-likeness (QED) is 0.812. The van der Waals surface area contributed by atoms with Gasteiger partial charge in [0.1, 0.15) is 5.82 Å². The van der Waals surface area contributed by atoms with Crippen LogP contribution < -0.4 is 0 Å². The van der Waals surface area contributed by atoms with Crippen molar-refractivity contribution < 1.29 is 17.6 Å². The molecule has 2 aliphatic heterocycles. The fraction of sp³-hybridized carbons (Fsp3) is 0.462. The summed E-state index contributed by atoms with van der Waals surface area (Å²) in [7, 11) is -3.61. The minimum absolute atomic E-state index is 0.0218. The lowest BCUT2D eigenvalue weighted by Crippen LogP contribution is -2.53. The lowest BCUT2D eigenvalue weighted by molar-refractivity contribution is -0.130. The number of rotatable bonds is 2. The molecule has 0 aliphatic carbocycles. The fourth-order valence-corrected chi connectivity index (χ4v) is 4.28. The zero-order valence-corrected chi connectivity index (χ0v) is 11.6. The second kappa shape index (κ2) is 4.82. The summed E-state index contributed by atoms with van der Waals surface area (Å²) in [6, 6.07) is 4.81. The summed E-state index contributed by atoms with van der Waals surface area (Å²) in [6.45, 7) is 1.05. The highest BCUT2D eigenvalue weighted by atomic mass is 32.2. The van der Waals surface area contributed by atoms with E-state index < -0.39 is 15.8 Å². The van der Waals surface area contributed by atoms with E-state index in [1.807, 2.05) is 0 Å². The zero-order valence-electron chi connectivity index (χ0n) is 10.8. The molecule has 0 saturated carbocycles. The maximum Gasteiger partial charge on any atom is 0.243 e. The maximum atomic E-state index is 12.9. The van der Waals surface area contributed by atoms with Gasteiger partial charge in [0.05, 0.1) is 4.90 Å². The van der Waals surface area contributed by atoms with Crippen molar-refractivity contribution in [2.45, 2.75) is 23.8 Å². The van der Waals surface area contributed by atoms with Crippen molar-refractivity contribution in [2.75, 3.05) is 19.6 Å². The molecule has 0 spiro atoms. The number of fused-ring (bicyclic) bond motifs is 1. The second-order valence-corrected chi connectivity index (χ2v) is 7.03. The summed E-state index contributed by atoms with van der Waals surface area (Å²) < 4.78 is 39.2. The number of piperazine rings is 1. The third kappa shape index (κ3) is 2.20. The number of hydrogen-bond donors (Lipinski definition) is 0. The molecule has 2 saturated heterocycles. The van der Waals surface area contributed by atoms with Crippen molar-refractivity contribution in [1.29, 1.82) is 0 Å². The Balaban J connectivity index is 1.82. The molecular formula is C13H15FN2O3S. The summed E-state index contributed by atoms with van der Waals surface area (Å²) in [6.07, 6.45) is 1.20. The van der Waals surface area contributed by atoms with Gasteiger partial charge in [0.15, 0.2) is 0 Å². The number of hydrogen-bond acceptors (Lipinski definition) is 3. The van der Waals surface area contributed by atoms with Crippen molar-refractivity contribution in [3.05, 3.63) is 30.1 Å². The van der Waals surface area contributed by atoms with E-state index in [1.54, 1.807) is 4.90 Å². The lowest BCUT2D eigenvalue weighted by atomic mass is 10.2. The van der Waals surface area contributed by atoms with Crippen LogP contribution in [0.3, 0.4) is 0 Å². The molecule has 2 fully saturated rings. The Morgan fingerprint density at radius 3 is 2.55 bits per heavy atom. The molecule has 1 aromatic rings. The molecule has 3 rings (SSSR count). The molecule has 1 amide bonds. The average molecular weight is 298 g/mol. The summed E-state index contributed by atoms with van der Waals surface area (Å²) >= 11 is 0. The van der Waals surface area contributed by atoms with Crippen molar-refractivity contribution >= 4 is 15.9 Å². The van der Waals surface area contributed by atoms with Gasteiger partial charge in [-0.15, -0.1) is 0 Å². The maximum absolute atomic E-state index is 12.9. The van der Waals surface area contributed by atoms with Crippen LogP contribution in [0, 0.1) is 5.82 Å². The van der Waals surface area contributed by atoms with Crippen LogP contribution in [0.15, 0.2) is 29.2 Å². The Kier molecular flexibility index (Phi) is 3.25. The van der Waals surface area contributed by atoms with Crippen LogP contribution >= 0.6 is 0 Å². The number of halogens is 1. The van der Waals surface area contributed by atoms with Crippen molar-refractivity contribution in [2.24, 2.45) is 0 Å². The summed E-state index contributed by atoms with van der Waals surface area (Å²) in [5.41, 5.74) is 0. The molecule has 0 N–H and O–H groups in total. The van der Waals surface area contributed by atoms with Crippen molar-refractivity contribution in [3.8, 4) is 0 Å². The van der Waals surface area contributed by atoms with E-state index in [0.717, 1.165) is 12.1 Å². The Bertz CT molecular complexity index is 630. The Labute approximate surface area is 117 Å². The normalized spacial score (nSPS) is 23.9. The third-order valence-electron chi connectivity index (χ3n) is 3.91. The third-order valence-corrected chi connectivity index (χ3v) is 5.79. The van der Waals surface area contributed by atoms with Crippen LogP contribution in [0.2, 0.25) is 0 Å². The zero-order chi connectivity index (χ0) is 14.3. The predicted molar refractivity (Wildman–Crippen MR) is 69.9 cm³/mol. The average Bonchev–Trinajstić information content (AvgIpc) is 2.80. The first-order valence-electron chi connectivity index (χ1n) is 6.54. The molecule has 2 aliphatic rings. The van der Waals surface area contributed by atoms with Crippen molar-refractivity contribution in [1.82, 2.24) is 9.21 Å². The summed E-state index contributed by atoms with van der Waals surface area (Å²) in [5, 5.41) is 0. The number of carbonyl (C=O) groups excluding carboxylic acids is 1. The van der Waals surface area contributed by atoms with Crippen LogP contribution in [0.4, 0.5) is 4.39 Å². The number of benzene rings is 1. The second-order valence-electron chi connectivity index (χ2n) is 5.10. The Morgan fingerprint density at radius 2 is 1.85 bits per heavy atom. The van der Waals surface area contributed by atoms with Gasteiger partial charge in [0, 0.05) is 32.1 Å². The van der Waals surface area contributed by atoms with Gasteiger partial charge in [-0.2, -0.15) is 4.31 Å². The highest BCUT2D eigenvalue weighted by molar-refractivity contribution is 7.89. The molecule has 5 nitrogen and oxygen atoms in total. The standard InChI is InChI=1S/C13H15FN2O3S/c14-10-1-4-12(5-2-10)20(18,19)15-7-8-16-11(9-15)3-6-13(16)17/h1-2,4-5,11H,3,6-9H2/t11-/m1/s1. The predicted octanol–water partition coefficient (Wildman–Crippen LogP) is 0.821. The van der Waals surface area contributed by atoms with Gasteiger partial charge in [-0.05, 0) is 30.7 Å². The summed E-state index contributed by atoms with van der Waals surface area (Å²) in [5.74, 6) is -0.357. The van der Waals surface area contributed by atoms with Crippen molar-refractivity contribution in [3.63, 3.8) is 0 Å². The summed E-state index contributed by atoms with van der Waals surface area (Å²) in [4.78, 5) is 13.4. The number of sulfonamides is 1. The molecule has 0 unspecified atom stereocenters. The number of amides is 1. The molecule has 0 bridgehead atoms. The van der Waals surface area contributed by atoms with Crippen LogP contribution in [-0.2, 0) is 14.8 Å². The minimum atomic E-state index is -3.61. The molecule has 1 atom stereocenters. The Hall–Kier alpha value is -1.47. The van der Waals surface area contributed by atoms with Gasteiger partial charge >= 0.3 is 0 Å². The first-order valence-corrected chi connectivity index (χ1v) is 7.98. The largest absolute Gasteiger partial charge is 0.337 e. The van der Waals surface area contributed by atoms with E-state index in [4.69, 9.17) is 0 Å². The van der Waals surface area contributed by atoms with Gasteiger partial charge in [0.25, 0.3) is 0 Å². The lowest BCUT2D eigenvalue weighted by Gasteiger charge is -2.36. The first kappa shape index (κ1) is 13.5. The monoisotopic (exact) mass is 298 g/mol. The van der Waals surface area contributed by atoms with E-state index in [0.29, 0.717) is 32.5 Å². The van der Waals surface area contributed by atoms with Gasteiger partial charge in [-0.3, -0.25) is 4.79 Å². The molecule has 108 valence electrons. The smallest absolute Gasteiger partial charge is 0.243 e. The highest BCUT2D eigenvalue weighted by Gasteiger charge is 2.39. The highest BCUT2D eigenvalue weighted by Crippen LogP contribution is 2.26. The van der Waals surface area contributed by atoms with Gasteiger partial charge in [0.2, 0.25) is 15.9 Å². The van der Waals surface area contributed by atoms with Crippen LogP contribution in [0.5, 0.6) is 0 Å². The van der Waals surface area contributed by atoms with E-state index in [-0.39, 0.29) is 16.8 Å². The molecule has 1 aromatic carbocycles. The molecule has 20 heavy (non-hydrogen) atoms. The van der Waals surface area contributed by atoms with E-state index in [9.17, 15) is 17.6 Å². The topological polar surface area (TPSA) is 57.7 Å². The van der Waals surface area contributed by atoms with Gasteiger partial charge < -0.3 is 4.90 Å². The molecule has 2 heterocycles. The van der Waals surface area contributed by atoms with E-state index in [1.165, 1.54) is 16.4 Å². The van der Waals surface area contributed by atoms with Gasteiger partial charge in [-0.25, -0.2) is 12.8 Å². The van der Waals surface area contributed by atoms with Crippen LogP contribution in [0.25, 0.3) is 0 Å². The Morgan fingerprint density at radius 1 is 1.15 bits per heavy atom. The molecule has 7 heteroatoms.